The van der Waals surface area contributed by atoms with Crippen molar-refractivity contribution >= 4 is 17.5 Å². The van der Waals surface area contributed by atoms with Gasteiger partial charge in [-0.15, -0.1) is 0 Å². The van der Waals surface area contributed by atoms with Crippen LogP contribution < -0.4 is 5.32 Å². The minimum Gasteiger partial charge on any atom is -0.331 e. The van der Waals surface area contributed by atoms with Crippen LogP contribution in [0.5, 0.6) is 0 Å². The molecule has 3 rings (SSSR count). The molecule has 2 aliphatic rings. The molecule has 2 atom stereocenters. The Morgan fingerprint density at radius 1 is 1.07 bits per heavy atom. The van der Waals surface area contributed by atoms with Gasteiger partial charge in [0.2, 0.25) is 11.8 Å². The summed E-state index contributed by atoms with van der Waals surface area (Å²) in [5.74, 6) is 0.269. The number of amides is 2. The van der Waals surface area contributed by atoms with Crippen molar-refractivity contribution in [1.29, 1.82) is 0 Å². The molecule has 2 aliphatic carbocycles. The average molecular weight is 383 g/mol. The summed E-state index contributed by atoms with van der Waals surface area (Å²) in [5.41, 5.74) is 1.23. The first kappa shape index (κ1) is 20.6. The summed E-state index contributed by atoms with van der Waals surface area (Å²) >= 11 is 0. The number of nitrogens with zero attached hydrogens (tertiary/aromatic N) is 1. The Balaban J connectivity index is 1.84. The van der Waals surface area contributed by atoms with E-state index in [-0.39, 0.29) is 29.1 Å². The predicted octanol–water partition coefficient (Wildman–Crippen LogP) is 5.02. The zero-order valence-electron chi connectivity index (χ0n) is 17.9. The van der Waals surface area contributed by atoms with E-state index < -0.39 is 5.54 Å². The highest BCUT2D eigenvalue weighted by Crippen LogP contribution is 2.60. The Morgan fingerprint density at radius 2 is 1.68 bits per heavy atom. The van der Waals surface area contributed by atoms with Crippen LogP contribution in [0.25, 0.3) is 0 Å². The van der Waals surface area contributed by atoms with Gasteiger partial charge >= 0.3 is 0 Å². The summed E-state index contributed by atoms with van der Waals surface area (Å²) in [4.78, 5) is 28.7. The van der Waals surface area contributed by atoms with E-state index >= 15 is 0 Å². The second kappa shape index (κ2) is 7.73. The number of allylic oxidation sites excluding steroid dienone is 2. The molecule has 0 radical (unpaired) electrons. The fourth-order valence-electron chi connectivity index (χ4n) is 4.86. The highest BCUT2D eigenvalue weighted by molar-refractivity contribution is 6.01. The smallest absolute Gasteiger partial charge is 0.250 e. The van der Waals surface area contributed by atoms with Gasteiger partial charge in [0.25, 0.3) is 0 Å². The lowest BCUT2D eigenvalue weighted by atomic mass is 9.79. The lowest BCUT2D eigenvalue weighted by Crippen LogP contribution is -2.59. The second-order valence-electron chi connectivity index (χ2n) is 9.38. The Kier molecular flexibility index (Phi) is 5.69. The molecule has 0 heterocycles. The number of anilines is 1. The number of nitrogens with one attached hydrogen (secondary N) is 1. The van der Waals surface area contributed by atoms with Crippen LogP contribution in [-0.2, 0) is 9.59 Å². The van der Waals surface area contributed by atoms with Gasteiger partial charge in [0.15, 0.2) is 0 Å². The van der Waals surface area contributed by atoms with Crippen LogP contribution in [0, 0.1) is 17.3 Å². The number of benzene rings is 1. The maximum atomic E-state index is 13.5. The van der Waals surface area contributed by atoms with Crippen molar-refractivity contribution in [2.75, 3.05) is 12.4 Å². The summed E-state index contributed by atoms with van der Waals surface area (Å²) < 4.78 is 0. The van der Waals surface area contributed by atoms with Crippen LogP contribution in [0.3, 0.4) is 0 Å². The van der Waals surface area contributed by atoms with Crippen molar-refractivity contribution in [2.45, 2.75) is 65.3 Å². The third-order valence-electron chi connectivity index (χ3n) is 6.80. The number of rotatable bonds is 5. The molecular formula is C24H34N2O2. The van der Waals surface area contributed by atoms with Gasteiger partial charge in [0.1, 0.15) is 5.54 Å². The molecule has 0 saturated heterocycles. The lowest BCUT2D eigenvalue weighted by Gasteiger charge is -2.43. The molecule has 0 unspecified atom stereocenters. The van der Waals surface area contributed by atoms with E-state index in [9.17, 15) is 9.59 Å². The normalized spacial score (nSPS) is 24.8. The number of para-hydroxylation sites is 1. The largest absolute Gasteiger partial charge is 0.331 e. The van der Waals surface area contributed by atoms with Gasteiger partial charge in [-0.3, -0.25) is 9.59 Å². The maximum Gasteiger partial charge on any atom is 0.250 e. The highest BCUT2D eigenvalue weighted by atomic mass is 16.2. The van der Waals surface area contributed by atoms with Crippen molar-refractivity contribution in [2.24, 2.45) is 17.3 Å². The number of carbonyl (C=O) groups is 2. The second-order valence-corrected chi connectivity index (χ2v) is 9.38. The highest BCUT2D eigenvalue weighted by Gasteiger charge is 2.62. The van der Waals surface area contributed by atoms with E-state index in [0.29, 0.717) is 0 Å². The molecule has 0 spiro atoms. The topological polar surface area (TPSA) is 49.4 Å². The summed E-state index contributed by atoms with van der Waals surface area (Å²) in [6, 6.07) is 9.54. The number of hydrogen-bond donors (Lipinski definition) is 1. The van der Waals surface area contributed by atoms with Crippen LogP contribution in [0.4, 0.5) is 5.69 Å². The van der Waals surface area contributed by atoms with Gasteiger partial charge in [-0.2, -0.15) is 0 Å². The predicted molar refractivity (Wildman–Crippen MR) is 114 cm³/mol. The standard InChI is InChI=1S/C24H34N2O2/c1-17(2)16-19-20(23(19,3)4)21(27)26(5)24(14-10-7-11-15-24)22(28)25-18-12-8-6-9-13-18/h6,8-9,12-13,16,19-20H,7,10-11,14-15H2,1-5H3,(H,25,28)/t19-,20+/m1/s1. The summed E-state index contributed by atoms with van der Waals surface area (Å²) in [5, 5.41) is 3.07. The molecule has 4 nitrogen and oxygen atoms in total. The van der Waals surface area contributed by atoms with Gasteiger partial charge in [0, 0.05) is 12.7 Å². The van der Waals surface area contributed by atoms with Crippen LogP contribution in [-0.4, -0.2) is 29.3 Å². The van der Waals surface area contributed by atoms with Crippen LogP contribution in [0.1, 0.15) is 59.8 Å². The third-order valence-corrected chi connectivity index (χ3v) is 6.80. The molecule has 0 aromatic heterocycles. The van der Waals surface area contributed by atoms with Crippen LogP contribution in [0.15, 0.2) is 42.0 Å². The molecule has 4 heteroatoms. The average Bonchev–Trinajstić information content (AvgIpc) is 3.20. The first-order valence-corrected chi connectivity index (χ1v) is 10.5. The quantitative estimate of drug-likeness (QED) is 0.727. The van der Waals surface area contributed by atoms with Crippen molar-refractivity contribution in [3.05, 3.63) is 42.0 Å². The molecule has 0 bridgehead atoms. The Labute approximate surface area is 169 Å². The molecular weight excluding hydrogens is 348 g/mol. The first-order chi connectivity index (χ1) is 13.2. The number of likely N-dealkylation sites (N-methyl/N-ethyl adjacent to an activating group) is 1. The monoisotopic (exact) mass is 382 g/mol. The van der Waals surface area contributed by atoms with E-state index in [2.05, 4.69) is 39.1 Å². The van der Waals surface area contributed by atoms with E-state index in [4.69, 9.17) is 0 Å². The maximum absolute atomic E-state index is 13.5. The molecule has 1 N–H and O–H groups in total. The van der Waals surface area contributed by atoms with Crippen molar-refractivity contribution in [1.82, 2.24) is 4.90 Å². The van der Waals surface area contributed by atoms with E-state index in [0.717, 1.165) is 37.8 Å². The Hall–Kier alpha value is -2.10. The van der Waals surface area contributed by atoms with Gasteiger partial charge in [-0.1, -0.05) is 63.0 Å². The molecule has 28 heavy (non-hydrogen) atoms. The zero-order chi connectivity index (χ0) is 20.5. The fourth-order valence-corrected chi connectivity index (χ4v) is 4.86. The Morgan fingerprint density at radius 3 is 2.25 bits per heavy atom. The van der Waals surface area contributed by atoms with Gasteiger partial charge < -0.3 is 10.2 Å². The summed E-state index contributed by atoms with van der Waals surface area (Å²) in [6.45, 7) is 8.47. The number of carbonyl (C=O) groups excluding carboxylic acids is 2. The SMILES string of the molecule is CC(C)=C[C@@H]1[C@@H](C(=O)N(C)C2(C(=O)Nc3ccccc3)CCCCC2)C1(C)C. The fraction of sp³-hybridized carbons (Fsp3) is 0.583. The van der Waals surface area contributed by atoms with Gasteiger partial charge in [0.05, 0.1) is 5.92 Å². The van der Waals surface area contributed by atoms with Crippen molar-refractivity contribution < 1.29 is 9.59 Å². The molecule has 152 valence electrons. The van der Waals surface area contributed by atoms with Gasteiger partial charge in [-0.05, 0) is 50.2 Å². The third kappa shape index (κ3) is 3.74. The zero-order valence-corrected chi connectivity index (χ0v) is 17.9. The van der Waals surface area contributed by atoms with Gasteiger partial charge in [-0.25, -0.2) is 0 Å². The molecule has 1 aromatic rings. The van der Waals surface area contributed by atoms with Crippen molar-refractivity contribution in [3.63, 3.8) is 0 Å². The van der Waals surface area contributed by atoms with E-state index in [1.807, 2.05) is 37.4 Å². The van der Waals surface area contributed by atoms with E-state index in [1.54, 1.807) is 4.90 Å². The van der Waals surface area contributed by atoms with E-state index in [1.165, 1.54) is 5.57 Å². The molecule has 2 amide bonds. The lowest BCUT2D eigenvalue weighted by molar-refractivity contribution is -0.147. The number of hydrogen-bond acceptors (Lipinski definition) is 2. The van der Waals surface area contributed by atoms with Crippen LogP contribution in [0.2, 0.25) is 0 Å². The summed E-state index contributed by atoms with van der Waals surface area (Å²) in [6.07, 6.45) is 6.75. The van der Waals surface area contributed by atoms with Crippen LogP contribution >= 0.6 is 0 Å². The van der Waals surface area contributed by atoms with Crippen molar-refractivity contribution in [3.8, 4) is 0 Å². The summed E-state index contributed by atoms with van der Waals surface area (Å²) in [7, 11) is 1.84. The minimum absolute atomic E-state index is 0.0456. The first-order valence-electron chi connectivity index (χ1n) is 10.5. The molecule has 2 fully saturated rings. The molecule has 2 saturated carbocycles. The molecule has 0 aliphatic heterocycles. The Bertz CT molecular complexity index is 756. The molecule has 1 aromatic carbocycles. The minimum atomic E-state index is -0.751.